The summed E-state index contributed by atoms with van der Waals surface area (Å²) in [6, 6.07) is 2.66. The number of aliphatic hydroxyl groups is 1. The molecule has 0 spiro atoms. The van der Waals surface area contributed by atoms with Crippen molar-refractivity contribution in [3.8, 4) is 0 Å². The predicted molar refractivity (Wildman–Crippen MR) is 82.1 cm³/mol. The molecule has 0 aliphatic heterocycles. The topological polar surface area (TPSA) is 66.4 Å². The van der Waals surface area contributed by atoms with Crippen molar-refractivity contribution in [3.63, 3.8) is 0 Å². The number of benzene rings is 1. The Bertz CT molecular complexity index is 540. The van der Waals surface area contributed by atoms with Crippen LogP contribution in [0.25, 0.3) is 0 Å². The van der Waals surface area contributed by atoms with Crippen molar-refractivity contribution in [2.24, 2.45) is 5.92 Å². The summed E-state index contributed by atoms with van der Waals surface area (Å²) in [4.78, 5) is -0.177. The van der Waals surface area contributed by atoms with Gasteiger partial charge in [0.25, 0.3) is 0 Å². The molecule has 0 saturated heterocycles. The second-order valence-corrected chi connectivity index (χ2v) is 7.29. The van der Waals surface area contributed by atoms with Gasteiger partial charge in [-0.05, 0) is 24.5 Å². The largest absolute Gasteiger partial charge is 0.396 e. The van der Waals surface area contributed by atoms with E-state index in [-0.39, 0.29) is 39.0 Å². The van der Waals surface area contributed by atoms with Gasteiger partial charge in [0.05, 0.1) is 10.0 Å². The highest BCUT2D eigenvalue weighted by atomic mass is 35.5. The first-order valence-electron chi connectivity index (χ1n) is 6.06. The van der Waals surface area contributed by atoms with E-state index < -0.39 is 10.0 Å². The summed E-state index contributed by atoms with van der Waals surface area (Å²) < 4.78 is 26.9. The molecule has 1 aromatic carbocycles. The first-order chi connectivity index (χ1) is 9.31. The van der Waals surface area contributed by atoms with Crippen LogP contribution in [0.15, 0.2) is 17.0 Å². The number of halogens is 3. The lowest BCUT2D eigenvalue weighted by Gasteiger charge is -2.15. The standard InChI is InChI=1S/C12H16Cl3NO3S/c1-2-8(3-4-17)7-16-20(18,19)12-10(14)5-9(13)6-11(12)15/h5-6,8,16-17H,2-4,7H2,1H3. The van der Waals surface area contributed by atoms with Gasteiger partial charge in [0.2, 0.25) is 10.0 Å². The van der Waals surface area contributed by atoms with E-state index in [2.05, 4.69) is 4.72 Å². The molecular formula is C12H16Cl3NO3S. The van der Waals surface area contributed by atoms with Crippen molar-refractivity contribution in [3.05, 3.63) is 27.2 Å². The van der Waals surface area contributed by atoms with Crippen LogP contribution >= 0.6 is 34.8 Å². The number of hydrogen-bond donors (Lipinski definition) is 2. The second-order valence-electron chi connectivity index (χ2n) is 4.34. The van der Waals surface area contributed by atoms with E-state index in [1.54, 1.807) is 0 Å². The average molecular weight is 361 g/mol. The lowest BCUT2D eigenvalue weighted by Crippen LogP contribution is -2.30. The van der Waals surface area contributed by atoms with Gasteiger partial charge >= 0.3 is 0 Å². The molecule has 1 unspecified atom stereocenters. The molecule has 0 radical (unpaired) electrons. The van der Waals surface area contributed by atoms with Gasteiger partial charge in [0, 0.05) is 18.2 Å². The smallest absolute Gasteiger partial charge is 0.243 e. The molecule has 8 heteroatoms. The molecule has 114 valence electrons. The fraction of sp³-hybridized carbons (Fsp3) is 0.500. The van der Waals surface area contributed by atoms with Crippen molar-refractivity contribution >= 4 is 44.8 Å². The van der Waals surface area contributed by atoms with E-state index in [9.17, 15) is 8.42 Å². The van der Waals surface area contributed by atoms with E-state index in [1.807, 2.05) is 6.92 Å². The van der Waals surface area contributed by atoms with Gasteiger partial charge in [-0.2, -0.15) is 0 Å². The van der Waals surface area contributed by atoms with Crippen LogP contribution in [0, 0.1) is 5.92 Å². The van der Waals surface area contributed by atoms with Crippen molar-refractivity contribution in [2.75, 3.05) is 13.2 Å². The molecule has 0 aliphatic rings. The van der Waals surface area contributed by atoms with Gasteiger partial charge in [0.15, 0.2) is 0 Å². The first-order valence-corrected chi connectivity index (χ1v) is 8.68. The summed E-state index contributed by atoms with van der Waals surface area (Å²) in [6.07, 6.45) is 1.28. The summed E-state index contributed by atoms with van der Waals surface area (Å²) in [6.45, 7) is 2.16. The van der Waals surface area contributed by atoms with Gasteiger partial charge in [-0.1, -0.05) is 48.1 Å². The summed E-state index contributed by atoms with van der Waals surface area (Å²) in [5, 5.41) is 9.12. The highest BCUT2D eigenvalue weighted by Gasteiger charge is 2.23. The number of aliphatic hydroxyl groups excluding tert-OH is 1. The Morgan fingerprint density at radius 1 is 1.25 bits per heavy atom. The molecule has 0 amide bonds. The van der Waals surface area contributed by atoms with Gasteiger partial charge in [-0.3, -0.25) is 0 Å². The zero-order valence-electron chi connectivity index (χ0n) is 10.9. The Labute approximate surface area is 134 Å². The Morgan fingerprint density at radius 2 is 1.80 bits per heavy atom. The van der Waals surface area contributed by atoms with Crippen molar-refractivity contribution in [1.29, 1.82) is 0 Å². The molecule has 0 heterocycles. The van der Waals surface area contributed by atoms with E-state index >= 15 is 0 Å². The Morgan fingerprint density at radius 3 is 2.25 bits per heavy atom. The van der Waals surface area contributed by atoms with E-state index in [0.29, 0.717) is 6.42 Å². The highest BCUT2D eigenvalue weighted by molar-refractivity contribution is 7.89. The quantitative estimate of drug-likeness (QED) is 0.783. The monoisotopic (exact) mass is 359 g/mol. The molecule has 0 fully saturated rings. The lowest BCUT2D eigenvalue weighted by molar-refractivity contribution is 0.254. The fourth-order valence-corrected chi connectivity index (χ4v) is 4.38. The molecule has 20 heavy (non-hydrogen) atoms. The summed E-state index contributed by atoms with van der Waals surface area (Å²) in [7, 11) is -3.82. The Hall–Kier alpha value is -0.0400. The molecule has 0 saturated carbocycles. The van der Waals surface area contributed by atoms with Gasteiger partial charge in [-0.15, -0.1) is 0 Å². The van der Waals surface area contributed by atoms with E-state index in [4.69, 9.17) is 39.9 Å². The SMILES string of the molecule is CCC(CCO)CNS(=O)(=O)c1c(Cl)cc(Cl)cc1Cl. The van der Waals surface area contributed by atoms with E-state index in [0.717, 1.165) is 6.42 Å². The minimum absolute atomic E-state index is 0.0166. The molecule has 0 aliphatic carbocycles. The molecule has 1 rings (SSSR count). The summed E-state index contributed by atoms with van der Waals surface area (Å²) in [5.41, 5.74) is 0. The van der Waals surface area contributed by atoms with E-state index in [1.165, 1.54) is 12.1 Å². The lowest BCUT2D eigenvalue weighted by atomic mass is 10.0. The van der Waals surface area contributed by atoms with Crippen molar-refractivity contribution < 1.29 is 13.5 Å². The average Bonchev–Trinajstić information content (AvgIpc) is 2.32. The predicted octanol–water partition coefficient (Wildman–Crippen LogP) is 3.33. The Balaban J connectivity index is 2.95. The van der Waals surface area contributed by atoms with Crippen molar-refractivity contribution in [2.45, 2.75) is 24.7 Å². The van der Waals surface area contributed by atoms with Crippen LogP contribution in [-0.4, -0.2) is 26.7 Å². The molecule has 1 aromatic rings. The summed E-state index contributed by atoms with van der Waals surface area (Å²) in [5.74, 6) is 0.0552. The number of rotatable bonds is 7. The number of nitrogens with one attached hydrogen (secondary N) is 1. The zero-order chi connectivity index (χ0) is 15.3. The maximum absolute atomic E-state index is 12.2. The van der Waals surface area contributed by atoms with Crippen LogP contribution in [0.3, 0.4) is 0 Å². The van der Waals surface area contributed by atoms with Crippen LogP contribution in [-0.2, 0) is 10.0 Å². The minimum atomic E-state index is -3.82. The third-order valence-corrected chi connectivity index (χ3v) is 5.47. The van der Waals surface area contributed by atoms with Gasteiger partial charge in [-0.25, -0.2) is 13.1 Å². The van der Waals surface area contributed by atoms with Crippen molar-refractivity contribution in [1.82, 2.24) is 4.72 Å². The molecule has 0 aromatic heterocycles. The van der Waals surface area contributed by atoms with Crippen LogP contribution in [0.2, 0.25) is 15.1 Å². The normalized spacial score (nSPS) is 13.4. The molecule has 4 nitrogen and oxygen atoms in total. The van der Waals surface area contributed by atoms with Crippen LogP contribution in [0.5, 0.6) is 0 Å². The Kier molecular flexibility index (Phi) is 7.04. The molecule has 2 N–H and O–H groups in total. The zero-order valence-corrected chi connectivity index (χ0v) is 14.0. The highest BCUT2D eigenvalue weighted by Crippen LogP contribution is 2.32. The number of sulfonamides is 1. The molecule has 1 atom stereocenters. The fourth-order valence-electron chi connectivity index (χ4n) is 1.72. The third-order valence-electron chi connectivity index (χ3n) is 2.91. The number of hydrogen-bond acceptors (Lipinski definition) is 3. The van der Waals surface area contributed by atoms with Crippen LogP contribution in [0.4, 0.5) is 0 Å². The maximum Gasteiger partial charge on any atom is 0.243 e. The first kappa shape index (κ1) is 18.0. The minimum Gasteiger partial charge on any atom is -0.396 e. The van der Waals surface area contributed by atoms with Gasteiger partial charge in [0.1, 0.15) is 4.90 Å². The third kappa shape index (κ3) is 4.76. The van der Waals surface area contributed by atoms with Crippen LogP contribution in [0.1, 0.15) is 19.8 Å². The molecular weight excluding hydrogens is 345 g/mol. The molecule has 0 bridgehead atoms. The second kappa shape index (κ2) is 7.82. The van der Waals surface area contributed by atoms with Gasteiger partial charge < -0.3 is 5.11 Å². The maximum atomic E-state index is 12.2. The summed E-state index contributed by atoms with van der Waals surface area (Å²) >= 11 is 17.6. The van der Waals surface area contributed by atoms with Crippen LogP contribution < -0.4 is 4.72 Å².